The second-order valence-corrected chi connectivity index (χ2v) is 8.45. The molecule has 0 bridgehead atoms. The molecule has 3 atom stereocenters. The van der Waals surface area contributed by atoms with Gasteiger partial charge in [0.15, 0.2) is 6.10 Å². The lowest BCUT2D eigenvalue weighted by atomic mass is 10.1. The molecule has 3 rings (SSSR count). The SMILES string of the molecule is C#CC(/C=C/c1ccccc1C)OC(=O)C1C(CC=C2CCCC2)C1(C)C. The van der Waals surface area contributed by atoms with Crippen molar-refractivity contribution in [3.63, 3.8) is 0 Å². The van der Waals surface area contributed by atoms with Crippen LogP contribution in [0.15, 0.2) is 42.0 Å². The first-order valence-electron chi connectivity index (χ1n) is 10.0. The summed E-state index contributed by atoms with van der Waals surface area (Å²) in [6.07, 6.45) is 17.1. The van der Waals surface area contributed by atoms with Crippen LogP contribution < -0.4 is 0 Å². The number of hydrogen-bond donors (Lipinski definition) is 0. The van der Waals surface area contributed by atoms with Crippen LogP contribution in [0.4, 0.5) is 0 Å². The number of rotatable bonds is 6. The number of carbonyl (C=O) groups excluding carboxylic acids is 1. The highest BCUT2D eigenvalue weighted by molar-refractivity contribution is 5.78. The largest absolute Gasteiger partial charge is 0.445 e. The zero-order valence-corrected chi connectivity index (χ0v) is 16.7. The minimum Gasteiger partial charge on any atom is -0.445 e. The Hall–Kier alpha value is -2.27. The minimum absolute atomic E-state index is 0.00830. The Labute approximate surface area is 163 Å². The number of allylic oxidation sites excluding steroid dienone is 2. The van der Waals surface area contributed by atoms with Crippen LogP contribution >= 0.6 is 0 Å². The van der Waals surface area contributed by atoms with Gasteiger partial charge in [-0.05, 0) is 67.6 Å². The molecule has 0 saturated heterocycles. The molecule has 0 amide bonds. The molecule has 2 aliphatic rings. The van der Waals surface area contributed by atoms with E-state index in [4.69, 9.17) is 11.2 Å². The fourth-order valence-corrected chi connectivity index (χ4v) is 4.27. The Morgan fingerprint density at radius 2 is 2.04 bits per heavy atom. The summed E-state index contributed by atoms with van der Waals surface area (Å²) >= 11 is 0. The molecule has 2 aliphatic carbocycles. The van der Waals surface area contributed by atoms with Crippen LogP contribution in [0.25, 0.3) is 6.08 Å². The summed E-state index contributed by atoms with van der Waals surface area (Å²) in [4.78, 5) is 12.7. The van der Waals surface area contributed by atoms with E-state index in [-0.39, 0.29) is 17.3 Å². The Bertz CT molecular complexity index is 783. The number of ether oxygens (including phenoxy) is 1. The Kier molecular flexibility index (Phi) is 5.90. The molecule has 2 heteroatoms. The lowest BCUT2D eigenvalue weighted by Gasteiger charge is -2.09. The zero-order chi connectivity index (χ0) is 19.4. The Morgan fingerprint density at radius 3 is 2.70 bits per heavy atom. The summed E-state index contributed by atoms with van der Waals surface area (Å²) in [5, 5.41) is 0. The summed E-state index contributed by atoms with van der Waals surface area (Å²) in [7, 11) is 0. The number of carbonyl (C=O) groups is 1. The quantitative estimate of drug-likeness (QED) is 0.368. The predicted molar refractivity (Wildman–Crippen MR) is 111 cm³/mol. The molecule has 1 aromatic carbocycles. The van der Waals surface area contributed by atoms with Crippen molar-refractivity contribution in [1.82, 2.24) is 0 Å². The van der Waals surface area contributed by atoms with Crippen LogP contribution in [0, 0.1) is 36.5 Å². The van der Waals surface area contributed by atoms with E-state index in [9.17, 15) is 4.79 Å². The first kappa shape index (κ1) is 19.5. The summed E-state index contributed by atoms with van der Waals surface area (Å²) in [6.45, 7) is 6.36. The lowest BCUT2D eigenvalue weighted by molar-refractivity contribution is -0.147. The molecule has 0 aromatic heterocycles. The summed E-state index contributed by atoms with van der Waals surface area (Å²) in [6, 6.07) is 8.06. The van der Waals surface area contributed by atoms with E-state index in [1.807, 2.05) is 37.3 Å². The summed E-state index contributed by atoms with van der Waals surface area (Å²) in [5.74, 6) is 2.72. The fourth-order valence-electron chi connectivity index (χ4n) is 4.27. The highest BCUT2D eigenvalue weighted by atomic mass is 16.5. The molecule has 142 valence electrons. The van der Waals surface area contributed by atoms with Gasteiger partial charge in [0.05, 0.1) is 5.92 Å². The van der Waals surface area contributed by atoms with Gasteiger partial charge in [0.1, 0.15) is 0 Å². The average Bonchev–Trinajstić information content (AvgIpc) is 2.99. The maximum absolute atomic E-state index is 12.7. The van der Waals surface area contributed by atoms with Crippen molar-refractivity contribution in [2.75, 3.05) is 0 Å². The van der Waals surface area contributed by atoms with E-state index in [2.05, 4.69) is 25.8 Å². The minimum atomic E-state index is -0.623. The zero-order valence-electron chi connectivity index (χ0n) is 16.7. The first-order valence-corrected chi connectivity index (χ1v) is 10.0. The van der Waals surface area contributed by atoms with Crippen molar-refractivity contribution in [3.05, 3.63) is 53.1 Å². The number of benzene rings is 1. The maximum atomic E-state index is 12.7. The average molecular weight is 363 g/mol. The van der Waals surface area contributed by atoms with Crippen molar-refractivity contribution in [3.8, 4) is 12.3 Å². The fraction of sp³-hybridized carbons (Fsp3) is 0.480. The maximum Gasteiger partial charge on any atom is 0.311 e. The van der Waals surface area contributed by atoms with Crippen LogP contribution in [-0.4, -0.2) is 12.1 Å². The summed E-state index contributed by atoms with van der Waals surface area (Å²) in [5.41, 5.74) is 3.80. The number of aryl methyl sites for hydroxylation is 1. The third-order valence-electron chi connectivity index (χ3n) is 6.26. The molecule has 2 fully saturated rings. The van der Waals surface area contributed by atoms with Crippen molar-refractivity contribution < 1.29 is 9.53 Å². The van der Waals surface area contributed by atoms with Crippen molar-refractivity contribution in [2.45, 2.75) is 59.0 Å². The second-order valence-electron chi connectivity index (χ2n) is 8.45. The van der Waals surface area contributed by atoms with E-state index in [1.165, 1.54) is 31.2 Å². The molecule has 2 nitrogen and oxygen atoms in total. The molecule has 1 aromatic rings. The smallest absolute Gasteiger partial charge is 0.311 e. The third kappa shape index (κ3) is 4.53. The van der Waals surface area contributed by atoms with Crippen LogP contribution in [0.5, 0.6) is 0 Å². The third-order valence-corrected chi connectivity index (χ3v) is 6.26. The second kappa shape index (κ2) is 8.17. The Morgan fingerprint density at radius 1 is 1.33 bits per heavy atom. The van der Waals surface area contributed by atoms with Crippen LogP contribution in [-0.2, 0) is 9.53 Å². The lowest BCUT2D eigenvalue weighted by Crippen LogP contribution is -2.18. The molecule has 0 heterocycles. The topological polar surface area (TPSA) is 26.3 Å². The van der Waals surface area contributed by atoms with Gasteiger partial charge in [0.25, 0.3) is 0 Å². The van der Waals surface area contributed by atoms with Crippen LogP contribution in [0.2, 0.25) is 0 Å². The van der Waals surface area contributed by atoms with Crippen molar-refractivity contribution in [1.29, 1.82) is 0 Å². The first-order chi connectivity index (χ1) is 12.9. The number of terminal acetylenes is 1. The van der Waals surface area contributed by atoms with E-state index >= 15 is 0 Å². The van der Waals surface area contributed by atoms with E-state index < -0.39 is 6.10 Å². The van der Waals surface area contributed by atoms with E-state index in [0.29, 0.717) is 5.92 Å². The standard InChI is InChI=1S/C25H30O2/c1-5-21(16-15-20-13-9-6-10-18(20)2)27-24(26)23-22(25(23,3)4)17-14-19-11-7-8-12-19/h1,6,9-10,13-16,21-23H,7-8,11-12,17H2,2-4H3/b16-15+. The molecule has 3 unspecified atom stereocenters. The van der Waals surface area contributed by atoms with E-state index in [0.717, 1.165) is 12.0 Å². The molecule has 0 N–H and O–H groups in total. The van der Waals surface area contributed by atoms with Gasteiger partial charge in [-0.1, -0.05) is 61.8 Å². The van der Waals surface area contributed by atoms with Gasteiger partial charge in [-0.2, -0.15) is 0 Å². The molecule has 27 heavy (non-hydrogen) atoms. The number of hydrogen-bond acceptors (Lipinski definition) is 2. The number of esters is 1. The monoisotopic (exact) mass is 362 g/mol. The Balaban J connectivity index is 1.59. The van der Waals surface area contributed by atoms with Gasteiger partial charge in [-0.15, -0.1) is 6.42 Å². The summed E-state index contributed by atoms with van der Waals surface area (Å²) < 4.78 is 5.64. The predicted octanol–water partition coefficient (Wildman–Crippen LogP) is 5.72. The van der Waals surface area contributed by atoms with Crippen molar-refractivity contribution in [2.24, 2.45) is 17.3 Å². The molecule has 0 aliphatic heterocycles. The van der Waals surface area contributed by atoms with Gasteiger partial charge < -0.3 is 4.74 Å². The van der Waals surface area contributed by atoms with Gasteiger partial charge in [-0.25, -0.2) is 0 Å². The molecule has 0 radical (unpaired) electrons. The highest BCUT2D eigenvalue weighted by Crippen LogP contribution is 2.60. The van der Waals surface area contributed by atoms with Gasteiger partial charge in [0, 0.05) is 0 Å². The normalized spacial score (nSPS) is 24.4. The molecular weight excluding hydrogens is 332 g/mol. The van der Waals surface area contributed by atoms with E-state index in [1.54, 1.807) is 11.6 Å². The molecule has 0 spiro atoms. The van der Waals surface area contributed by atoms with Gasteiger partial charge in [-0.3, -0.25) is 4.79 Å². The molecule has 2 saturated carbocycles. The molecular formula is C25H30O2. The van der Waals surface area contributed by atoms with Crippen LogP contribution in [0.3, 0.4) is 0 Å². The van der Waals surface area contributed by atoms with Gasteiger partial charge >= 0.3 is 5.97 Å². The van der Waals surface area contributed by atoms with Crippen molar-refractivity contribution >= 4 is 12.0 Å². The van der Waals surface area contributed by atoms with Crippen LogP contribution in [0.1, 0.15) is 57.1 Å². The highest BCUT2D eigenvalue weighted by Gasteiger charge is 2.61. The van der Waals surface area contributed by atoms with Gasteiger partial charge in [0.2, 0.25) is 0 Å².